The van der Waals surface area contributed by atoms with Crippen molar-refractivity contribution >= 4 is 10.8 Å². The molecule has 0 radical (unpaired) electrons. The van der Waals surface area contributed by atoms with Gasteiger partial charge >= 0.3 is 0 Å². The molecule has 1 aliphatic rings. The van der Waals surface area contributed by atoms with Gasteiger partial charge < -0.3 is 5.32 Å². The van der Waals surface area contributed by atoms with Gasteiger partial charge in [0.2, 0.25) is 0 Å². The van der Waals surface area contributed by atoms with Crippen LogP contribution < -0.4 is 5.32 Å². The Hall–Kier alpha value is 0.110. The van der Waals surface area contributed by atoms with E-state index in [2.05, 4.69) is 33.0 Å². The van der Waals surface area contributed by atoms with Crippen LogP contribution in [-0.4, -0.2) is 27.3 Å². The normalized spacial score (nSPS) is 35.3. The van der Waals surface area contributed by atoms with Crippen LogP contribution in [0.25, 0.3) is 0 Å². The lowest BCUT2D eigenvalue weighted by molar-refractivity contribution is 0.438. The van der Waals surface area contributed by atoms with E-state index in [9.17, 15) is 4.21 Å². The molecular weight excluding hydrogens is 206 g/mol. The van der Waals surface area contributed by atoms with Crippen LogP contribution in [0, 0.1) is 5.92 Å². The molecule has 1 N–H and O–H groups in total. The molecule has 2 nitrogen and oxygen atoms in total. The minimum Gasteiger partial charge on any atom is -0.314 e. The maximum Gasteiger partial charge on any atom is 0.0391 e. The number of nitrogens with one attached hydrogen (secondary N) is 1. The van der Waals surface area contributed by atoms with Crippen LogP contribution in [0.2, 0.25) is 0 Å². The third-order valence-corrected chi connectivity index (χ3v) is 6.11. The van der Waals surface area contributed by atoms with E-state index < -0.39 is 10.8 Å². The Morgan fingerprint density at radius 1 is 1.40 bits per heavy atom. The molecule has 1 aliphatic carbocycles. The first-order valence-corrected chi connectivity index (χ1v) is 7.52. The molecule has 1 saturated carbocycles. The van der Waals surface area contributed by atoms with E-state index in [-0.39, 0.29) is 0 Å². The summed E-state index contributed by atoms with van der Waals surface area (Å²) in [4.78, 5) is 0. The minimum atomic E-state index is -0.634. The predicted octanol–water partition coefficient (Wildman–Crippen LogP) is 2.31. The van der Waals surface area contributed by atoms with Crippen molar-refractivity contribution in [3.63, 3.8) is 0 Å². The van der Waals surface area contributed by atoms with Gasteiger partial charge in [0.05, 0.1) is 0 Å². The van der Waals surface area contributed by atoms with Crippen molar-refractivity contribution in [1.29, 1.82) is 0 Å². The molecule has 0 aromatic rings. The summed E-state index contributed by atoms with van der Waals surface area (Å²) in [6.45, 7) is 9.67. The van der Waals surface area contributed by atoms with Crippen LogP contribution in [0.3, 0.4) is 0 Å². The van der Waals surface area contributed by atoms with Crippen molar-refractivity contribution < 1.29 is 4.21 Å². The summed E-state index contributed by atoms with van der Waals surface area (Å²) < 4.78 is 12.2. The van der Waals surface area contributed by atoms with Gasteiger partial charge in [-0.25, -0.2) is 0 Å². The third kappa shape index (κ3) is 3.04. The van der Waals surface area contributed by atoms with E-state index in [1.165, 1.54) is 6.42 Å². The van der Waals surface area contributed by atoms with Gasteiger partial charge in [-0.1, -0.05) is 27.7 Å². The third-order valence-electron chi connectivity index (χ3n) is 3.72. The van der Waals surface area contributed by atoms with E-state index in [1.807, 2.05) is 0 Å². The number of rotatable bonds is 5. The van der Waals surface area contributed by atoms with E-state index in [0.29, 0.717) is 22.5 Å². The molecule has 0 bridgehead atoms. The molecular formula is C12H25NOS. The molecule has 0 aromatic heterocycles. The lowest BCUT2D eigenvalue weighted by Gasteiger charge is -2.23. The summed E-state index contributed by atoms with van der Waals surface area (Å²) in [6.07, 6.45) is 3.36. The standard InChI is InChI=1S/C12H25NOS/c1-5-9(3)15(14)12-8-7-11(10(12)4)13-6-2/h9-13H,5-8H2,1-4H3. The molecule has 0 saturated heterocycles. The summed E-state index contributed by atoms with van der Waals surface area (Å²) in [5.74, 6) is 0.569. The molecule has 1 rings (SSSR count). The molecule has 0 spiro atoms. The zero-order valence-electron chi connectivity index (χ0n) is 10.5. The van der Waals surface area contributed by atoms with Crippen molar-refractivity contribution in [3.8, 4) is 0 Å². The van der Waals surface area contributed by atoms with Crippen molar-refractivity contribution in [2.75, 3.05) is 6.54 Å². The monoisotopic (exact) mass is 231 g/mol. The Kier molecular flexibility index (Phi) is 5.27. The Labute approximate surface area is 96.7 Å². The van der Waals surface area contributed by atoms with E-state index in [0.717, 1.165) is 19.4 Å². The van der Waals surface area contributed by atoms with Crippen LogP contribution in [0.5, 0.6) is 0 Å². The highest BCUT2D eigenvalue weighted by Crippen LogP contribution is 2.31. The molecule has 3 heteroatoms. The fourth-order valence-electron chi connectivity index (χ4n) is 2.47. The molecule has 15 heavy (non-hydrogen) atoms. The van der Waals surface area contributed by atoms with Crippen LogP contribution in [0.4, 0.5) is 0 Å². The molecule has 0 aliphatic heterocycles. The fourth-order valence-corrected chi connectivity index (χ4v) is 4.38. The molecule has 0 aromatic carbocycles. The van der Waals surface area contributed by atoms with Crippen molar-refractivity contribution in [1.82, 2.24) is 5.32 Å². The van der Waals surface area contributed by atoms with Crippen LogP contribution in [-0.2, 0) is 10.8 Å². The maximum absolute atomic E-state index is 12.2. The average molecular weight is 231 g/mol. The summed E-state index contributed by atoms with van der Waals surface area (Å²) >= 11 is 0. The molecule has 0 heterocycles. The van der Waals surface area contributed by atoms with Gasteiger partial charge in [-0.15, -0.1) is 0 Å². The smallest absolute Gasteiger partial charge is 0.0391 e. The topological polar surface area (TPSA) is 29.1 Å². The largest absolute Gasteiger partial charge is 0.314 e. The molecule has 5 atom stereocenters. The van der Waals surface area contributed by atoms with Crippen LogP contribution >= 0.6 is 0 Å². The van der Waals surface area contributed by atoms with Gasteiger partial charge in [-0.3, -0.25) is 4.21 Å². The second-order valence-electron chi connectivity index (χ2n) is 4.69. The molecule has 1 fully saturated rings. The van der Waals surface area contributed by atoms with E-state index >= 15 is 0 Å². The second kappa shape index (κ2) is 6.00. The van der Waals surface area contributed by atoms with Crippen LogP contribution in [0.1, 0.15) is 47.0 Å². The first kappa shape index (κ1) is 13.2. The Morgan fingerprint density at radius 2 is 2.07 bits per heavy atom. The molecule has 0 amide bonds. The summed E-state index contributed by atoms with van der Waals surface area (Å²) in [5, 5.41) is 4.28. The molecule has 5 unspecified atom stereocenters. The zero-order chi connectivity index (χ0) is 11.4. The summed E-state index contributed by atoms with van der Waals surface area (Å²) in [7, 11) is -0.634. The van der Waals surface area contributed by atoms with Gasteiger partial charge in [0, 0.05) is 27.3 Å². The van der Waals surface area contributed by atoms with Crippen LogP contribution in [0.15, 0.2) is 0 Å². The minimum absolute atomic E-state index is 0.359. The maximum atomic E-state index is 12.2. The Balaban J connectivity index is 2.55. The van der Waals surface area contributed by atoms with Gasteiger partial charge in [0.1, 0.15) is 0 Å². The highest BCUT2D eigenvalue weighted by atomic mass is 32.2. The number of hydrogen-bond acceptors (Lipinski definition) is 2. The Bertz CT molecular complexity index is 220. The quantitative estimate of drug-likeness (QED) is 0.787. The summed E-state index contributed by atoms with van der Waals surface area (Å²) in [6, 6.07) is 0.591. The van der Waals surface area contributed by atoms with Crippen molar-refractivity contribution in [2.24, 2.45) is 5.92 Å². The van der Waals surface area contributed by atoms with Gasteiger partial charge in [-0.05, 0) is 31.7 Å². The number of hydrogen-bond donors (Lipinski definition) is 1. The van der Waals surface area contributed by atoms with Gasteiger partial charge in [0.15, 0.2) is 0 Å². The zero-order valence-corrected chi connectivity index (χ0v) is 11.3. The summed E-state index contributed by atoms with van der Waals surface area (Å²) in [5.41, 5.74) is 0. The Morgan fingerprint density at radius 3 is 2.60 bits per heavy atom. The lowest BCUT2D eigenvalue weighted by Crippen LogP contribution is -2.36. The van der Waals surface area contributed by atoms with Gasteiger partial charge in [-0.2, -0.15) is 0 Å². The van der Waals surface area contributed by atoms with Crippen molar-refractivity contribution in [3.05, 3.63) is 0 Å². The second-order valence-corrected chi connectivity index (χ2v) is 6.75. The SMILES string of the molecule is CCNC1CCC(S(=O)C(C)CC)C1C. The van der Waals surface area contributed by atoms with Crippen molar-refractivity contribution in [2.45, 2.75) is 63.5 Å². The average Bonchev–Trinajstić information content (AvgIpc) is 2.59. The molecule has 90 valence electrons. The highest BCUT2D eigenvalue weighted by Gasteiger charge is 2.36. The fraction of sp³-hybridized carbons (Fsp3) is 1.00. The first-order chi connectivity index (χ1) is 7.11. The first-order valence-electron chi connectivity index (χ1n) is 6.24. The highest BCUT2D eigenvalue weighted by molar-refractivity contribution is 7.86. The lowest BCUT2D eigenvalue weighted by atomic mass is 10.1. The predicted molar refractivity (Wildman–Crippen MR) is 67.5 cm³/mol. The van der Waals surface area contributed by atoms with E-state index in [1.54, 1.807) is 0 Å². The van der Waals surface area contributed by atoms with E-state index in [4.69, 9.17) is 0 Å². The van der Waals surface area contributed by atoms with Gasteiger partial charge in [0.25, 0.3) is 0 Å².